The maximum atomic E-state index is 5.99. The van der Waals surface area contributed by atoms with Crippen molar-refractivity contribution in [3.05, 3.63) is 45.3 Å². The van der Waals surface area contributed by atoms with Crippen LogP contribution in [0.5, 0.6) is 11.5 Å². The third-order valence-corrected chi connectivity index (χ3v) is 6.95. The summed E-state index contributed by atoms with van der Waals surface area (Å²) >= 11 is 7.37. The van der Waals surface area contributed by atoms with Crippen LogP contribution in [0.25, 0.3) is 11.1 Å². The SMILES string of the molecule is CCCCCCCCOc1ccc(-c2ccc(OCCCCCCCC)c(Br)c2)cc1Br. The Bertz CT molecular complexity index is 711. The highest BCUT2D eigenvalue weighted by molar-refractivity contribution is 9.11. The molecule has 0 radical (unpaired) electrons. The summed E-state index contributed by atoms with van der Waals surface area (Å²) in [6, 6.07) is 12.6. The maximum Gasteiger partial charge on any atom is 0.133 e. The Morgan fingerprint density at radius 1 is 0.531 bits per heavy atom. The van der Waals surface area contributed by atoms with E-state index in [9.17, 15) is 0 Å². The van der Waals surface area contributed by atoms with Crippen molar-refractivity contribution >= 4 is 31.9 Å². The molecule has 2 rings (SSSR count). The molecule has 0 aromatic heterocycles. The van der Waals surface area contributed by atoms with Crippen LogP contribution in [0.2, 0.25) is 0 Å². The number of hydrogen-bond donors (Lipinski definition) is 0. The summed E-state index contributed by atoms with van der Waals surface area (Å²) in [5.41, 5.74) is 2.32. The van der Waals surface area contributed by atoms with Crippen molar-refractivity contribution in [2.75, 3.05) is 13.2 Å². The smallest absolute Gasteiger partial charge is 0.133 e. The molecule has 2 nitrogen and oxygen atoms in total. The number of hydrogen-bond acceptors (Lipinski definition) is 2. The molecule has 0 saturated heterocycles. The second-order valence-corrected chi connectivity index (χ2v) is 10.2. The van der Waals surface area contributed by atoms with E-state index in [2.05, 4.69) is 82.1 Å². The first-order chi connectivity index (χ1) is 15.7. The molecule has 0 heterocycles. The van der Waals surface area contributed by atoms with Gasteiger partial charge in [0.05, 0.1) is 22.2 Å². The van der Waals surface area contributed by atoms with E-state index >= 15 is 0 Å². The Morgan fingerprint density at radius 2 is 0.906 bits per heavy atom. The van der Waals surface area contributed by atoms with Crippen molar-refractivity contribution in [3.63, 3.8) is 0 Å². The first kappa shape index (κ1) is 27.2. The minimum atomic E-state index is 0.778. The fourth-order valence-electron chi connectivity index (χ4n) is 3.72. The molecule has 0 fully saturated rings. The summed E-state index contributed by atoms with van der Waals surface area (Å²) in [4.78, 5) is 0. The Balaban J connectivity index is 1.80. The average Bonchev–Trinajstić information content (AvgIpc) is 2.79. The van der Waals surface area contributed by atoms with Crippen LogP contribution in [0.4, 0.5) is 0 Å². The molecule has 178 valence electrons. The monoisotopic (exact) mass is 566 g/mol. The number of benzene rings is 2. The molecule has 0 bridgehead atoms. The van der Waals surface area contributed by atoms with Gasteiger partial charge in [0, 0.05) is 0 Å². The second kappa shape index (κ2) is 16.6. The zero-order chi connectivity index (χ0) is 23.0. The third kappa shape index (κ3) is 10.3. The topological polar surface area (TPSA) is 18.5 Å². The van der Waals surface area contributed by atoms with Gasteiger partial charge in [0.15, 0.2) is 0 Å². The summed E-state index contributed by atoms with van der Waals surface area (Å²) in [6.45, 7) is 6.06. The van der Waals surface area contributed by atoms with Crippen molar-refractivity contribution in [1.29, 1.82) is 0 Å². The normalized spacial score (nSPS) is 11.0. The van der Waals surface area contributed by atoms with E-state index in [0.717, 1.165) is 57.6 Å². The van der Waals surface area contributed by atoms with E-state index in [0.29, 0.717) is 0 Å². The van der Waals surface area contributed by atoms with Gasteiger partial charge in [0.25, 0.3) is 0 Å². The molecule has 0 amide bonds. The standard InChI is InChI=1S/C28H40Br2O2/c1-3-5-7-9-11-13-19-31-27-17-15-23(21-25(27)29)24-16-18-28(26(30)22-24)32-20-14-12-10-8-6-4-2/h15-18,21-22H,3-14,19-20H2,1-2H3. The van der Waals surface area contributed by atoms with Crippen LogP contribution in [0.15, 0.2) is 45.3 Å². The first-order valence-corrected chi connectivity index (χ1v) is 14.1. The summed E-state index contributed by atoms with van der Waals surface area (Å²) in [7, 11) is 0. The van der Waals surface area contributed by atoms with Crippen LogP contribution in [-0.2, 0) is 0 Å². The van der Waals surface area contributed by atoms with Gasteiger partial charge >= 0.3 is 0 Å². The Kier molecular flexibility index (Phi) is 14.1. The highest BCUT2D eigenvalue weighted by Crippen LogP contribution is 2.34. The van der Waals surface area contributed by atoms with Crippen molar-refractivity contribution < 1.29 is 9.47 Å². The van der Waals surface area contributed by atoms with Gasteiger partial charge in [-0.25, -0.2) is 0 Å². The molecule has 0 atom stereocenters. The van der Waals surface area contributed by atoms with Crippen molar-refractivity contribution in [2.45, 2.75) is 90.9 Å². The number of rotatable bonds is 17. The van der Waals surface area contributed by atoms with Gasteiger partial charge < -0.3 is 9.47 Å². The van der Waals surface area contributed by atoms with Gasteiger partial charge in [-0.05, 0) is 80.1 Å². The summed E-state index contributed by atoms with van der Waals surface area (Å²) in [5, 5.41) is 0. The summed E-state index contributed by atoms with van der Waals surface area (Å²) in [5.74, 6) is 1.83. The molecular weight excluding hydrogens is 528 g/mol. The largest absolute Gasteiger partial charge is 0.492 e. The fraction of sp³-hybridized carbons (Fsp3) is 0.571. The maximum absolute atomic E-state index is 5.99. The van der Waals surface area contributed by atoms with E-state index in [1.807, 2.05) is 0 Å². The Labute approximate surface area is 212 Å². The fourth-order valence-corrected chi connectivity index (χ4v) is 4.71. The van der Waals surface area contributed by atoms with E-state index in [1.165, 1.54) is 64.2 Å². The molecule has 2 aromatic rings. The number of halogens is 2. The molecule has 32 heavy (non-hydrogen) atoms. The van der Waals surface area contributed by atoms with Crippen molar-refractivity contribution in [1.82, 2.24) is 0 Å². The lowest BCUT2D eigenvalue weighted by molar-refractivity contribution is 0.302. The van der Waals surface area contributed by atoms with Crippen LogP contribution >= 0.6 is 31.9 Å². The van der Waals surface area contributed by atoms with Gasteiger partial charge in [0.2, 0.25) is 0 Å². The Morgan fingerprint density at radius 3 is 1.28 bits per heavy atom. The molecule has 0 saturated carbocycles. The molecular formula is C28H40Br2O2. The number of ether oxygens (including phenoxy) is 2. The molecule has 0 aliphatic heterocycles. The molecule has 0 unspecified atom stereocenters. The van der Waals surface area contributed by atoms with E-state index in [-0.39, 0.29) is 0 Å². The quantitative estimate of drug-likeness (QED) is 0.177. The van der Waals surface area contributed by atoms with Crippen LogP contribution in [0.3, 0.4) is 0 Å². The molecule has 4 heteroatoms. The summed E-state index contributed by atoms with van der Waals surface area (Å²) in [6.07, 6.45) is 15.3. The molecule has 2 aromatic carbocycles. The van der Waals surface area contributed by atoms with E-state index < -0.39 is 0 Å². The highest BCUT2D eigenvalue weighted by atomic mass is 79.9. The lowest BCUT2D eigenvalue weighted by Crippen LogP contribution is -1.99. The minimum absolute atomic E-state index is 0.778. The number of unbranched alkanes of at least 4 members (excludes halogenated alkanes) is 10. The van der Waals surface area contributed by atoms with Crippen LogP contribution in [0, 0.1) is 0 Å². The molecule has 0 aliphatic carbocycles. The van der Waals surface area contributed by atoms with Crippen LogP contribution < -0.4 is 9.47 Å². The van der Waals surface area contributed by atoms with Gasteiger partial charge in [-0.15, -0.1) is 0 Å². The highest BCUT2D eigenvalue weighted by Gasteiger charge is 2.08. The predicted octanol–water partition coefficient (Wildman–Crippen LogP) is 10.4. The van der Waals surface area contributed by atoms with Gasteiger partial charge in [-0.3, -0.25) is 0 Å². The van der Waals surface area contributed by atoms with E-state index in [4.69, 9.17) is 9.47 Å². The van der Waals surface area contributed by atoms with Crippen LogP contribution in [-0.4, -0.2) is 13.2 Å². The van der Waals surface area contributed by atoms with Crippen LogP contribution in [0.1, 0.15) is 90.9 Å². The minimum Gasteiger partial charge on any atom is -0.492 e. The van der Waals surface area contributed by atoms with Gasteiger partial charge in [-0.1, -0.05) is 90.2 Å². The molecule has 0 aliphatic rings. The lowest BCUT2D eigenvalue weighted by Gasteiger charge is -2.12. The van der Waals surface area contributed by atoms with E-state index in [1.54, 1.807) is 0 Å². The average molecular weight is 568 g/mol. The van der Waals surface area contributed by atoms with Gasteiger partial charge in [-0.2, -0.15) is 0 Å². The van der Waals surface area contributed by atoms with Crippen molar-refractivity contribution in [3.8, 4) is 22.6 Å². The lowest BCUT2D eigenvalue weighted by atomic mass is 10.1. The van der Waals surface area contributed by atoms with Crippen molar-refractivity contribution in [2.24, 2.45) is 0 Å². The third-order valence-electron chi connectivity index (χ3n) is 5.71. The molecule has 0 spiro atoms. The summed E-state index contributed by atoms with van der Waals surface area (Å²) < 4.78 is 14.0. The van der Waals surface area contributed by atoms with Gasteiger partial charge in [0.1, 0.15) is 11.5 Å². The first-order valence-electron chi connectivity index (χ1n) is 12.5. The second-order valence-electron chi connectivity index (χ2n) is 8.52. The predicted molar refractivity (Wildman–Crippen MR) is 145 cm³/mol. The molecule has 0 N–H and O–H groups in total. The zero-order valence-electron chi connectivity index (χ0n) is 19.9. The Hall–Kier alpha value is -1.00. The zero-order valence-corrected chi connectivity index (χ0v) is 23.1.